The Morgan fingerprint density at radius 1 is 1.07 bits per heavy atom. The number of carbonyl (C=O) groups is 1. The summed E-state index contributed by atoms with van der Waals surface area (Å²) in [6.07, 6.45) is 1.57. The maximum absolute atomic E-state index is 14.2. The molecule has 1 atom stereocenters. The number of halogens is 2. The van der Waals surface area contributed by atoms with Gasteiger partial charge in [-0.2, -0.15) is 0 Å². The zero-order valence-corrected chi connectivity index (χ0v) is 25.7. The second-order valence-corrected chi connectivity index (χ2v) is 12.3. The van der Waals surface area contributed by atoms with Gasteiger partial charge in [-0.15, -0.1) is 0 Å². The van der Waals surface area contributed by atoms with Crippen molar-refractivity contribution in [3.8, 4) is 0 Å². The van der Waals surface area contributed by atoms with Gasteiger partial charge in [-0.3, -0.25) is 9.36 Å². The van der Waals surface area contributed by atoms with E-state index < -0.39 is 12.0 Å². The van der Waals surface area contributed by atoms with Crippen LogP contribution in [0.1, 0.15) is 49.2 Å². The van der Waals surface area contributed by atoms with Crippen LogP contribution in [0.15, 0.2) is 93.9 Å². The lowest BCUT2D eigenvalue weighted by molar-refractivity contribution is -0.143. The van der Waals surface area contributed by atoms with Crippen molar-refractivity contribution in [2.75, 3.05) is 0 Å². The Bertz CT molecular complexity index is 2090. The van der Waals surface area contributed by atoms with Gasteiger partial charge < -0.3 is 9.30 Å². The number of benzene rings is 3. The maximum Gasteiger partial charge on any atom is 0.338 e. The van der Waals surface area contributed by atoms with Gasteiger partial charge in [-0.1, -0.05) is 65.4 Å². The molecule has 3 aromatic carbocycles. The van der Waals surface area contributed by atoms with Gasteiger partial charge in [-0.05, 0) is 75.2 Å². The number of rotatable bonds is 6. The molecule has 0 spiro atoms. The first-order valence-corrected chi connectivity index (χ1v) is 15.1. The fraction of sp³-hybridized carbons (Fsp3) is 0.206. The summed E-state index contributed by atoms with van der Waals surface area (Å²) in [5.41, 5.74) is 5.18. The van der Waals surface area contributed by atoms with E-state index in [1.807, 2.05) is 49.4 Å². The van der Waals surface area contributed by atoms with Crippen LogP contribution in [0.4, 0.5) is 4.39 Å². The van der Waals surface area contributed by atoms with Gasteiger partial charge in [0, 0.05) is 33.7 Å². The summed E-state index contributed by atoms with van der Waals surface area (Å²) in [4.78, 5) is 32.7. The molecule has 5 aromatic rings. The topological polar surface area (TPSA) is 65.6 Å². The fourth-order valence-corrected chi connectivity index (χ4v) is 6.72. The standard InChI is InChI=1S/C34H29ClFN3O3S/c1-19(2)42-33(41)30-20(3)37-34-39(31(30)23-11-13-24(35)14-12-23)32(40)29(43-34)17-27-21(4)38(28-8-6-5-7-26(27)28)18-22-9-15-25(36)16-10-22/h5-17,19,31H,18H2,1-4H3. The van der Waals surface area contributed by atoms with E-state index in [0.717, 1.165) is 33.3 Å². The molecule has 1 aliphatic heterocycles. The number of thiazole rings is 1. The van der Waals surface area contributed by atoms with Crippen LogP contribution in [0.5, 0.6) is 0 Å². The number of aromatic nitrogens is 2. The highest BCUT2D eigenvalue weighted by Crippen LogP contribution is 2.32. The fourth-order valence-electron chi connectivity index (χ4n) is 5.57. The van der Waals surface area contributed by atoms with Crippen molar-refractivity contribution in [3.63, 3.8) is 0 Å². The molecular weight excluding hydrogens is 585 g/mol. The molecular formula is C34H29ClFN3O3S. The van der Waals surface area contributed by atoms with E-state index >= 15 is 0 Å². The van der Waals surface area contributed by atoms with Gasteiger partial charge in [0.25, 0.3) is 5.56 Å². The Morgan fingerprint density at radius 3 is 2.47 bits per heavy atom. The molecule has 0 N–H and O–H groups in total. The van der Waals surface area contributed by atoms with Gasteiger partial charge in [0.1, 0.15) is 5.82 Å². The molecule has 2 aromatic heterocycles. The summed E-state index contributed by atoms with van der Waals surface area (Å²) >= 11 is 7.47. The molecule has 9 heteroatoms. The molecule has 0 fully saturated rings. The molecule has 0 radical (unpaired) electrons. The van der Waals surface area contributed by atoms with Gasteiger partial charge in [0.15, 0.2) is 4.80 Å². The molecule has 3 heterocycles. The normalized spacial score (nSPS) is 15.2. The number of esters is 1. The molecule has 218 valence electrons. The van der Waals surface area contributed by atoms with Crippen molar-refractivity contribution in [2.24, 2.45) is 4.99 Å². The van der Waals surface area contributed by atoms with Crippen molar-refractivity contribution in [2.45, 2.75) is 46.4 Å². The number of carbonyl (C=O) groups excluding carboxylic acids is 1. The highest BCUT2D eigenvalue weighted by molar-refractivity contribution is 7.07. The Morgan fingerprint density at radius 2 is 1.77 bits per heavy atom. The molecule has 0 amide bonds. The first-order valence-electron chi connectivity index (χ1n) is 13.9. The van der Waals surface area contributed by atoms with E-state index in [9.17, 15) is 14.0 Å². The predicted molar refractivity (Wildman–Crippen MR) is 169 cm³/mol. The minimum Gasteiger partial charge on any atom is -0.459 e. The van der Waals surface area contributed by atoms with Crippen molar-refractivity contribution in [1.82, 2.24) is 9.13 Å². The molecule has 43 heavy (non-hydrogen) atoms. The summed E-state index contributed by atoms with van der Waals surface area (Å²) in [6.45, 7) is 7.92. The van der Waals surface area contributed by atoms with E-state index in [1.165, 1.54) is 23.5 Å². The first-order chi connectivity index (χ1) is 20.6. The Labute approximate surface area is 256 Å². The van der Waals surface area contributed by atoms with Crippen LogP contribution in [0.3, 0.4) is 0 Å². The maximum atomic E-state index is 14.2. The van der Waals surface area contributed by atoms with Gasteiger partial charge in [-0.25, -0.2) is 14.2 Å². The molecule has 6 nitrogen and oxygen atoms in total. The van der Waals surface area contributed by atoms with Crippen LogP contribution >= 0.6 is 22.9 Å². The van der Waals surface area contributed by atoms with Crippen LogP contribution < -0.4 is 14.9 Å². The molecule has 0 bridgehead atoms. The summed E-state index contributed by atoms with van der Waals surface area (Å²) in [5.74, 6) is -0.785. The quantitative estimate of drug-likeness (QED) is 0.211. The number of allylic oxidation sites excluding steroid dienone is 1. The zero-order valence-electron chi connectivity index (χ0n) is 24.1. The Kier molecular flexibility index (Phi) is 7.66. The van der Waals surface area contributed by atoms with Crippen molar-refractivity contribution in [3.05, 3.63) is 137 Å². The smallest absolute Gasteiger partial charge is 0.338 e. The third kappa shape index (κ3) is 5.37. The van der Waals surface area contributed by atoms with E-state index in [0.29, 0.717) is 32.2 Å². The predicted octanol–water partition coefficient (Wildman–Crippen LogP) is 6.29. The molecule has 1 aliphatic rings. The largest absolute Gasteiger partial charge is 0.459 e. The lowest BCUT2D eigenvalue weighted by Gasteiger charge is -2.25. The van der Waals surface area contributed by atoms with E-state index in [4.69, 9.17) is 21.3 Å². The summed E-state index contributed by atoms with van der Waals surface area (Å²) in [7, 11) is 0. The lowest BCUT2D eigenvalue weighted by atomic mass is 9.96. The third-order valence-electron chi connectivity index (χ3n) is 7.58. The number of para-hydroxylation sites is 1. The molecule has 1 unspecified atom stereocenters. The molecule has 6 rings (SSSR count). The number of hydrogen-bond donors (Lipinski definition) is 0. The average molecular weight is 614 g/mol. The van der Waals surface area contributed by atoms with Crippen molar-refractivity contribution >= 4 is 45.9 Å². The van der Waals surface area contributed by atoms with E-state index in [1.54, 1.807) is 49.6 Å². The zero-order chi connectivity index (χ0) is 30.4. The highest BCUT2D eigenvalue weighted by Gasteiger charge is 2.33. The number of nitrogens with zero attached hydrogens (tertiary/aromatic N) is 3. The molecule has 0 saturated heterocycles. The van der Waals surface area contributed by atoms with Crippen LogP contribution in [0.2, 0.25) is 5.02 Å². The Hall–Kier alpha value is -4.27. The monoisotopic (exact) mass is 613 g/mol. The highest BCUT2D eigenvalue weighted by atomic mass is 35.5. The van der Waals surface area contributed by atoms with Gasteiger partial charge in [0.2, 0.25) is 0 Å². The SMILES string of the molecule is CC1=C(C(=O)OC(C)C)C(c2ccc(Cl)cc2)n2c(sc(=Cc3c(C)n(Cc4ccc(F)cc4)c4ccccc34)c2=O)=N1. The van der Waals surface area contributed by atoms with E-state index in [-0.39, 0.29) is 17.5 Å². The van der Waals surface area contributed by atoms with Crippen LogP contribution in [0, 0.1) is 12.7 Å². The first kappa shape index (κ1) is 28.8. The summed E-state index contributed by atoms with van der Waals surface area (Å²) < 4.78 is 23.4. The van der Waals surface area contributed by atoms with Crippen molar-refractivity contribution < 1.29 is 13.9 Å². The summed E-state index contributed by atoms with van der Waals surface area (Å²) in [6, 6.07) is 20.9. The van der Waals surface area contributed by atoms with Gasteiger partial charge >= 0.3 is 5.97 Å². The van der Waals surface area contributed by atoms with Gasteiger partial charge in [0.05, 0.1) is 27.9 Å². The van der Waals surface area contributed by atoms with E-state index in [2.05, 4.69) is 4.57 Å². The second-order valence-electron chi connectivity index (χ2n) is 10.8. The Balaban J connectivity index is 1.53. The number of hydrogen-bond acceptors (Lipinski definition) is 5. The number of fused-ring (bicyclic) bond motifs is 2. The van der Waals surface area contributed by atoms with Crippen LogP contribution in [0.25, 0.3) is 17.0 Å². The molecule has 0 aliphatic carbocycles. The third-order valence-corrected chi connectivity index (χ3v) is 8.81. The van der Waals surface area contributed by atoms with Crippen LogP contribution in [-0.2, 0) is 16.1 Å². The average Bonchev–Trinajstić information content (AvgIpc) is 3.42. The summed E-state index contributed by atoms with van der Waals surface area (Å²) in [5, 5.41) is 1.55. The second kappa shape index (κ2) is 11.4. The lowest BCUT2D eigenvalue weighted by Crippen LogP contribution is -2.40. The minimum atomic E-state index is -0.720. The molecule has 0 saturated carbocycles. The number of ether oxygens (including phenoxy) is 1. The minimum absolute atomic E-state index is 0.249. The van der Waals surface area contributed by atoms with Crippen LogP contribution in [-0.4, -0.2) is 21.2 Å². The van der Waals surface area contributed by atoms with Crippen molar-refractivity contribution in [1.29, 1.82) is 0 Å².